The lowest BCUT2D eigenvalue weighted by Gasteiger charge is -2.30. The van der Waals surface area contributed by atoms with E-state index in [2.05, 4.69) is 17.0 Å². The molecule has 148 valence electrons. The molecular formula is C23H23FN4O. The highest BCUT2D eigenvalue weighted by Crippen LogP contribution is 2.33. The second kappa shape index (κ2) is 6.79. The maximum absolute atomic E-state index is 13.3. The summed E-state index contributed by atoms with van der Waals surface area (Å²) in [5.41, 5.74) is 3.92. The normalized spacial score (nSPS) is 19.8. The van der Waals surface area contributed by atoms with E-state index in [1.807, 2.05) is 23.8 Å². The van der Waals surface area contributed by atoms with Crippen molar-refractivity contribution < 1.29 is 4.39 Å². The Morgan fingerprint density at radius 2 is 1.86 bits per heavy atom. The van der Waals surface area contributed by atoms with Crippen LogP contribution in [-0.2, 0) is 0 Å². The molecule has 1 saturated carbocycles. The van der Waals surface area contributed by atoms with E-state index in [4.69, 9.17) is 0 Å². The molecule has 1 aromatic carbocycles. The summed E-state index contributed by atoms with van der Waals surface area (Å²) in [6.07, 6.45) is 8.16. The smallest absolute Gasteiger partial charge is 0.261 e. The molecule has 0 bridgehead atoms. The highest BCUT2D eigenvalue weighted by molar-refractivity contribution is 5.86. The van der Waals surface area contributed by atoms with E-state index in [-0.39, 0.29) is 17.4 Å². The van der Waals surface area contributed by atoms with E-state index in [0.29, 0.717) is 17.0 Å². The van der Waals surface area contributed by atoms with Crippen molar-refractivity contribution in [2.75, 3.05) is 0 Å². The van der Waals surface area contributed by atoms with Gasteiger partial charge in [0.25, 0.3) is 5.56 Å². The predicted molar refractivity (Wildman–Crippen MR) is 112 cm³/mol. The van der Waals surface area contributed by atoms with E-state index in [1.54, 1.807) is 22.8 Å². The lowest BCUT2D eigenvalue weighted by atomic mass is 9.85. The highest BCUT2D eigenvalue weighted by Gasteiger charge is 2.24. The molecule has 0 radical (unpaired) electrons. The number of aryl methyl sites for hydroxylation is 1. The van der Waals surface area contributed by atoms with Crippen LogP contribution in [0, 0.1) is 18.7 Å². The molecule has 0 spiro atoms. The number of fused-ring (bicyclic) bond motifs is 3. The molecule has 1 aliphatic carbocycles. The Bertz CT molecular complexity index is 1270. The minimum absolute atomic E-state index is 0.00728. The molecule has 5 rings (SSSR count). The largest absolute Gasteiger partial charge is 0.312 e. The van der Waals surface area contributed by atoms with Gasteiger partial charge in [-0.25, -0.2) is 13.9 Å². The van der Waals surface area contributed by atoms with Gasteiger partial charge in [0.15, 0.2) is 5.65 Å². The van der Waals surface area contributed by atoms with Crippen molar-refractivity contribution in [2.24, 2.45) is 5.92 Å². The van der Waals surface area contributed by atoms with Crippen LogP contribution in [0.15, 0.2) is 47.5 Å². The first-order chi connectivity index (χ1) is 14.0. The molecule has 6 heteroatoms. The fourth-order valence-corrected chi connectivity index (χ4v) is 4.72. The van der Waals surface area contributed by atoms with Crippen LogP contribution in [0.2, 0.25) is 0 Å². The minimum Gasteiger partial charge on any atom is -0.312 e. The summed E-state index contributed by atoms with van der Waals surface area (Å²) < 4.78 is 17.0. The van der Waals surface area contributed by atoms with Gasteiger partial charge in [-0.3, -0.25) is 4.79 Å². The Hall–Kier alpha value is -3.02. The second-order valence-corrected chi connectivity index (χ2v) is 8.12. The SMILES string of the molecule is Cc1nn2c(ncc3c(=O)n([C@H]4CCCC[C@H]4C)ccc32)c1-c1ccc(F)cc1. The maximum atomic E-state index is 13.3. The molecule has 3 aromatic heterocycles. The van der Waals surface area contributed by atoms with Crippen LogP contribution in [0.3, 0.4) is 0 Å². The van der Waals surface area contributed by atoms with Crippen molar-refractivity contribution in [3.63, 3.8) is 0 Å². The summed E-state index contributed by atoms with van der Waals surface area (Å²) in [6.45, 7) is 4.14. The number of nitrogens with zero attached hydrogens (tertiary/aromatic N) is 4. The Balaban J connectivity index is 1.70. The molecule has 4 aromatic rings. The van der Waals surface area contributed by atoms with Crippen LogP contribution in [0.25, 0.3) is 27.7 Å². The maximum Gasteiger partial charge on any atom is 0.261 e. The fourth-order valence-electron chi connectivity index (χ4n) is 4.72. The van der Waals surface area contributed by atoms with Crippen molar-refractivity contribution in [2.45, 2.75) is 45.6 Å². The fraction of sp³-hybridized carbons (Fsp3) is 0.348. The zero-order valence-electron chi connectivity index (χ0n) is 16.6. The minimum atomic E-state index is -0.279. The molecular weight excluding hydrogens is 367 g/mol. The Morgan fingerprint density at radius 3 is 2.62 bits per heavy atom. The van der Waals surface area contributed by atoms with Crippen molar-refractivity contribution >= 4 is 16.6 Å². The zero-order valence-corrected chi connectivity index (χ0v) is 16.6. The number of halogens is 1. The third-order valence-corrected chi connectivity index (χ3v) is 6.27. The van der Waals surface area contributed by atoms with Crippen LogP contribution in [0.5, 0.6) is 0 Å². The van der Waals surface area contributed by atoms with Crippen molar-refractivity contribution in [3.05, 3.63) is 64.6 Å². The Morgan fingerprint density at radius 1 is 1.10 bits per heavy atom. The number of hydrogen-bond acceptors (Lipinski definition) is 3. The third-order valence-electron chi connectivity index (χ3n) is 6.27. The number of hydrogen-bond donors (Lipinski definition) is 0. The number of pyridine rings is 1. The van der Waals surface area contributed by atoms with E-state index in [1.165, 1.54) is 18.6 Å². The summed E-state index contributed by atoms with van der Waals surface area (Å²) in [5, 5.41) is 5.23. The van der Waals surface area contributed by atoms with Gasteiger partial charge in [0.2, 0.25) is 0 Å². The van der Waals surface area contributed by atoms with Crippen LogP contribution in [-0.4, -0.2) is 19.2 Å². The van der Waals surface area contributed by atoms with E-state index >= 15 is 0 Å². The molecule has 3 heterocycles. The van der Waals surface area contributed by atoms with Crippen molar-refractivity contribution in [1.29, 1.82) is 0 Å². The van der Waals surface area contributed by atoms with Crippen molar-refractivity contribution in [1.82, 2.24) is 19.2 Å². The second-order valence-electron chi connectivity index (χ2n) is 8.12. The van der Waals surface area contributed by atoms with Crippen molar-refractivity contribution in [3.8, 4) is 11.1 Å². The molecule has 0 N–H and O–H groups in total. The lowest BCUT2D eigenvalue weighted by molar-refractivity contribution is 0.253. The molecule has 2 atom stereocenters. The topological polar surface area (TPSA) is 52.2 Å². The molecule has 0 amide bonds. The van der Waals surface area contributed by atoms with Gasteiger partial charge in [-0.1, -0.05) is 31.9 Å². The highest BCUT2D eigenvalue weighted by atomic mass is 19.1. The first-order valence-corrected chi connectivity index (χ1v) is 10.2. The molecule has 0 unspecified atom stereocenters. The van der Waals surface area contributed by atoms with E-state index in [0.717, 1.165) is 41.6 Å². The summed E-state index contributed by atoms with van der Waals surface area (Å²) in [5.74, 6) is 0.214. The molecule has 1 fully saturated rings. The molecule has 0 aliphatic heterocycles. The number of benzene rings is 1. The summed E-state index contributed by atoms with van der Waals surface area (Å²) in [4.78, 5) is 17.8. The van der Waals surface area contributed by atoms with Gasteiger partial charge >= 0.3 is 0 Å². The van der Waals surface area contributed by atoms with Gasteiger partial charge in [0.05, 0.1) is 16.6 Å². The average molecular weight is 390 g/mol. The third kappa shape index (κ3) is 2.85. The van der Waals surface area contributed by atoms with E-state index in [9.17, 15) is 9.18 Å². The summed E-state index contributed by atoms with van der Waals surface area (Å²) in [6, 6.07) is 8.53. The predicted octanol–water partition coefficient (Wildman–Crippen LogP) is 4.91. The van der Waals surface area contributed by atoms with E-state index < -0.39 is 0 Å². The lowest BCUT2D eigenvalue weighted by Crippen LogP contribution is -2.30. The van der Waals surface area contributed by atoms with Crippen LogP contribution in [0.4, 0.5) is 4.39 Å². The number of rotatable bonds is 2. The monoisotopic (exact) mass is 390 g/mol. The van der Waals surface area contributed by atoms with Crippen LogP contribution >= 0.6 is 0 Å². The number of aromatic nitrogens is 4. The summed E-state index contributed by atoms with van der Waals surface area (Å²) >= 11 is 0. The first kappa shape index (κ1) is 18.0. The molecule has 29 heavy (non-hydrogen) atoms. The first-order valence-electron chi connectivity index (χ1n) is 10.2. The van der Waals surface area contributed by atoms with Gasteiger partial charge in [0, 0.05) is 24.0 Å². The molecule has 1 aliphatic rings. The average Bonchev–Trinajstić information content (AvgIpc) is 3.06. The molecule has 0 saturated heterocycles. The zero-order chi connectivity index (χ0) is 20.1. The molecule has 5 nitrogen and oxygen atoms in total. The van der Waals surface area contributed by atoms with Gasteiger partial charge in [-0.15, -0.1) is 0 Å². The van der Waals surface area contributed by atoms with Gasteiger partial charge in [0.1, 0.15) is 5.82 Å². The van der Waals surface area contributed by atoms with Crippen LogP contribution < -0.4 is 5.56 Å². The quantitative estimate of drug-likeness (QED) is 0.489. The Kier molecular flexibility index (Phi) is 4.23. The Labute approximate surface area is 167 Å². The summed E-state index contributed by atoms with van der Waals surface area (Å²) in [7, 11) is 0. The van der Waals surface area contributed by atoms with Gasteiger partial charge in [-0.05, 0) is 49.4 Å². The standard InChI is InChI=1S/C23H23FN4O/c1-14-5-3-4-6-19(14)27-12-11-20-18(23(27)29)13-25-22-21(15(2)26-28(20)22)16-7-9-17(24)10-8-16/h7-14,19H,3-6H2,1-2H3/t14-,19+/m1/s1. The van der Waals surface area contributed by atoms with Crippen LogP contribution in [0.1, 0.15) is 44.3 Å². The van der Waals surface area contributed by atoms with Gasteiger partial charge < -0.3 is 4.57 Å². The van der Waals surface area contributed by atoms with Gasteiger partial charge in [-0.2, -0.15) is 5.10 Å².